The molecule has 0 aromatic heterocycles. The SMILES string of the molecule is CCN(CC)CCCNC(=O)N(CC(=O)O)C(C)(C)C. The molecule has 0 rings (SSSR count). The molecular formula is C14H29N3O3. The molecule has 0 saturated carbocycles. The van der Waals surface area contributed by atoms with Gasteiger partial charge in [-0.15, -0.1) is 0 Å². The lowest BCUT2D eigenvalue weighted by Crippen LogP contribution is -2.52. The van der Waals surface area contributed by atoms with E-state index in [0.29, 0.717) is 6.54 Å². The molecule has 0 radical (unpaired) electrons. The van der Waals surface area contributed by atoms with Gasteiger partial charge in [0.1, 0.15) is 6.54 Å². The number of hydrogen-bond acceptors (Lipinski definition) is 3. The second kappa shape index (κ2) is 8.79. The van der Waals surface area contributed by atoms with Crippen LogP contribution in [-0.4, -0.2) is 65.2 Å². The van der Waals surface area contributed by atoms with Gasteiger partial charge in [0.25, 0.3) is 0 Å². The highest BCUT2D eigenvalue weighted by molar-refractivity contribution is 5.80. The average molecular weight is 287 g/mol. The van der Waals surface area contributed by atoms with E-state index in [1.807, 2.05) is 20.8 Å². The van der Waals surface area contributed by atoms with Crippen LogP contribution in [0.5, 0.6) is 0 Å². The van der Waals surface area contributed by atoms with Crippen LogP contribution in [0.3, 0.4) is 0 Å². The van der Waals surface area contributed by atoms with Gasteiger partial charge in [-0.2, -0.15) is 0 Å². The van der Waals surface area contributed by atoms with Gasteiger partial charge in [-0.05, 0) is 46.8 Å². The first-order valence-corrected chi connectivity index (χ1v) is 7.22. The first-order chi connectivity index (χ1) is 9.22. The summed E-state index contributed by atoms with van der Waals surface area (Å²) in [5.74, 6) is -1.00. The van der Waals surface area contributed by atoms with Crippen LogP contribution in [0.2, 0.25) is 0 Å². The van der Waals surface area contributed by atoms with Gasteiger partial charge in [0.2, 0.25) is 0 Å². The van der Waals surface area contributed by atoms with E-state index in [0.717, 1.165) is 26.1 Å². The van der Waals surface area contributed by atoms with E-state index >= 15 is 0 Å². The number of carboxylic acids is 1. The van der Waals surface area contributed by atoms with E-state index in [1.54, 1.807) is 0 Å². The highest BCUT2D eigenvalue weighted by atomic mass is 16.4. The molecule has 0 fully saturated rings. The molecule has 0 unspecified atom stereocenters. The lowest BCUT2D eigenvalue weighted by molar-refractivity contribution is -0.138. The Hall–Kier alpha value is -1.30. The summed E-state index contributed by atoms with van der Waals surface area (Å²) in [6.45, 7) is 12.9. The standard InChI is InChI=1S/C14H29N3O3/c1-6-16(7-2)10-8-9-15-13(20)17(11-12(18)19)14(3,4)5/h6-11H2,1-5H3,(H,15,20)(H,18,19). The summed E-state index contributed by atoms with van der Waals surface area (Å²) in [6.07, 6.45) is 0.860. The van der Waals surface area contributed by atoms with Crippen LogP contribution < -0.4 is 5.32 Å². The number of rotatable bonds is 8. The van der Waals surface area contributed by atoms with Crippen molar-refractivity contribution >= 4 is 12.0 Å². The average Bonchev–Trinajstić information content (AvgIpc) is 2.34. The Kier molecular flexibility index (Phi) is 8.22. The monoisotopic (exact) mass is 287 g/mol. The number of urea groups is 1. The van der Waals surface area contributed by atoms with E-state index < -0.39 is 11.5 Å². The lowest BCUT2D eigenvalue weighted by Gasteiger charge is -2.34. The molecule has 0 aromatic rings. The predicted octanol–water partition coefficient (Wildman–Crippen LogP) is 1.61. The Labute approximate surface area is 122 Å². The van der Waals surface area contributed by atoms with E-state index in [2.05, 4.69) is 24.1 Å². The summed E-state index contributed by atoms with van der Waals surface area (Å²) in [6, 6.07) is -0.320. The second-order valence-corrected chi connectivity index (χ2v) is 5.76. The Morgan fingerprint density at radius 3 is 2.10 bits per heavy atom. The Morgan fingerprint density at radius 1 is 1.15 bits per heavy atom. The van der Waals surface area contributed by atoms with Gasteiger partial charge < -0.3 is 20.2 Å². The van der Waals surface area contributed by atoms with E-state index in [4.69, 9.17) is 5.11 Å². The minimum atomic E-state index is -1.00. The number of hydrogen-bond donors (Lipinski definition) is 2. The molecule has 6 heteroatoms. The highest BCUT2D eigenvalue weighted by Crippen LogP contribution is 2.12. The van der Waals surface area contributed by atoms with Gasteiger partial charge in [-0.25, -0.2) is 4.79 Å². The maximum Gasteiger partial charge on any atom is 0.323 e. The number of aliphatic carboxylic acids is 1. The van der Waals surface area contributed by atoms with Crippen molar-refractivity contribution in [3.05, 3.63) is 0 Å². The molecular weight excluding hydrogens is 258 g/mol. The largest absolute Gasteiger partial charge is 0.480 e. The third kappa shape index (κ3) is 7.33. The Bertz CT molecular complexity index is 309. The minimum Gasteiger partial charge on any atom is -0.480 e. The summed E-state index contributed by atoms with van der Waals surface area (Å²) in [5.41, 5.74) is -0.513. The lowest BCUT2D eigenvalue weighted by atomic mass is 10.1. The van der Waals surface area contributed by atoms with Crippen LogP contribution in [0, 0.1) is 0 Å². The molecule has 0 aliphatic carbocycles. The molecule has 0 aliphatic rings. The normalized spacial score (nSPS) is 11.5. The molecule has 2 amide bonds. The van der Waals surface area contributed by atoms with Crippen molar-refractivity contribution in [1.82, 2.24) is 15.1 Å². The smallest absolute Gasteiger partial charge is 0.323 e. The van der Waals surface area contributed by atoms with E-state index in [1.165, 1.54) is 4.90 Å². The molecule has 0 spiro atoms. The van der Waals surface area contributed by atoms with E-state index in [-0.39, 0.29) is 12.6 Å². The van der Waals surface area contributed by atoms with Crippen molar-refractivity contribution in [2.45, 2.75) is 46.6 Å². The van der Waals surface area contributed by atoms with Crippen LogP contribution in [-0.2, 0) is 4.79 Å². The molecule has 0 aliphatic heterocycles. The minimum absolute atomic E-state index is 0.286. The molecule has 0 aromatic carbocycles. The van der Waals surface area contributed by atoms with Gasteiger partial charge in [-0.3, -0.25) is 4.79 Å². The summed E-state index contributed by atoms with van der Waals surface area (Å²) >= 11 is 0. The molecule has 6 nitrogen and oxygen atoms in total. The number of carboxylic acid groups (broad SMARTS) is 1. The predicted molar refractivity (Wildman–Crippen MR) is 79.9 cm³/mol. The maximum atomic E-state index is 12.0. The summed E-state index contributed by atoms with van der Waals surface area (Å²) in [4.78, 5) is 26.5. The topological polar surface area (TPSA) is 72.9 Å². The fourth-order valence-electron chi connectivity index (χ4n) is 1.88. The van der Waals surface area contributed by atoms with Crippen molar-refractivity contribution in [1.29, 1.82) is 0 Å². The molecule has 0 atom stereocenters. The fourth-order valence-corrected chi connectivity index (χ4v) is 1.88. The number of nitrogens with zero attached hydrogens (tertiary/aromatic N) is 2. The quantitative estimate of drug-likeness (QED) is 0.665. The fraction of sp³-hybridized carbons (Fsp3) is 0.857. The first-order valence-electron chi connectivity index (χ1n) is 7.22. The Balaban J connectivity index is 4.24. The maximum absolute atomic E-state index is 12.0. The molecule has 0 bridgehead atoms. The van der Waals surface area contributed by atoms with Crippen LogP contribution >= 0.6 is 0 Å². The molecule has 20 heavy (non-hydrogen) atoms. The summed E-state index contributed by atoms with van der Waals surface area (Å²) in [5, 5.41) is 11.7. The zero-order valence-electron chi connectivity index (χ0n) is 13.4. The third-order valence-corrected chi connectivity index (χ3v) is 3.17. The van der Waals surface area contributed by atoms with Crippen molar-refractivity contribution in [2.24, 2.45) is 0 Å². The van der Waals surface area contributed by atoms with Crippen LogP contribution in [0.15, 0.2) is 0 Å². The highest BCUT2D eigenvalue weighted by Gasteiger charge is 2.28. The summed E-state index contributed by atoms with van der Waals surface area (Å²) in [7, 11) is 0. The van der Waals surface area contributed by atoms with Gasteiger partial charge in [0, 0.05) is 12.1 Å². The first kappa shape index (κ1) is 18.7. The molecule has 118 valence electrons. The molecule has 0 heterocycles. The van der Waals surface area contributed by atoms with Crippen LogP contribution in [0.25, 0.3) is 0 Å². The van der Waals surface area contributed by atoms with Gasteiger partial charge in [0.05, 0.1) is 0 Å². The summed E-state index contributed by atoms with van der Waals surface area (Å²) < 4.78 is 0. The second-order valence-electron chi connectivity index (χ2n) is 5.76. The van der Waals surface area contributed by atoms with Gasteiger partial charge >= 0.3 is 12.0 Å². The van der Waals surface area contributed by atoms with Crippen molar-refractivity contribution in [3.63, 3.8) is 0 Å². The third-order valence-electron chi connectivity index (χ3n) is 3.17. The number of amides is 2. The zero-order chi connectivity index (χ0) is 15.8. The number of nitrogens with one attached hydrogen (secondary N) is 1. The van der Waals surface area contributed by atoms with Crippen LogP contribution in [0.1, 0.15) is 41.0 Å². The van der Waals surface area contributed by atoms with Gasteiger partial charge in [0.15, 0.2) is 0 Å². The molecule has 0 saturated heterocycles. The van der Waals surface area contributed by atoms with Crippen LogP contribution in [0.4, 0.5) is 4.79 Å². The number of carbonyl (C=O) groups is 2. The molecule has 2 N–H and O–H groups in total. The van der Waals surface area contributed by atoms with Crippen molar-refractivity contribution in [2.75, 3.05) is 32.7 Å². The Morgan fingerprint density at radius 2 is 1.70 bits per heavy atom. The zero-order valence-corrected chi connectivity index (χ0v) is 13.4. The van der Waals surface area contributed by atoms with E-state index in [9.17, 15) is 9.59 Å². The van der Waals surface area contributed by atoms with Crippen molar-refractivity contribution in [3.8, 4) is 0 Å². The van der Waals surface area contributed by atoms with Crippen molar-refractivity contribution < 1.29 is 14.7 Å². The number of carbonyl (C=O) groups excluding carboxylic acids is 1. The van der Waals surface area contributed by atoms with Gasteiger partial charge in [-0.1, -0.05) is 13.8 Å².